The molecule has 0 radical (unpaired) electrons. The lowest BCUT2D eigenvalue weighted by molar-refractivity contribution is -0.0722. The van der Waals surface area contributed by atoms with Crippen molar-refractivity contribution < 1.29 is 5.11 Å². The molecule has 2 unspecified atom stereocenters. The molecule has 4 nitrogen and oxygen atoms in total. The minimum Gasteiger partial charge on any atom is -0.389 e. The fraction of sp³-hybridized carbons (Fsp3) is 0.875. The van der Waals surface area contributed by atoms with Crippen LogP contribution in [0.4, 0.5) is 0 Å². The monoisotopic (exact) mass is 279 g/mol. The molecule has 1 aromatic rings. The Hall–Kier alpha value is -0.900. The van der Waals surface area contributed by atoms with Crippen molar-refractivity contribution in [2.24, 2.45) is 17.3 Å². The third kappa shape index (κ3) is 3.40. The lowest BCUT2D eigenvalue weighted by Gasteiger charge is -2.45. The Balaban J connectivity index is 2.11. The van der Waals surface area contributed by atoms with Crippen LogP contribution in [-0.4, -0.2) is 25.5 Å². The van der Waals surface area contributed by atoms with Gasteiger partial charge in [-0.05, 0) is 36.5 Å². The van der Waals surface area contributed by atoms with Crippen molar-refractivity contribution in [3.63, 3.8) is 0 Å². The van der Waals surface area contributed by atoms with Crippen LogP contribution in [0.3, 0.4) is 0 Å². The molecule has 0 spiro atoms. The third-order valence-electron chi connectivity index (χ3n) is 4.71. The zero-order valence-corrected chi connectivity index (χ0v) is 13.6. The van der Waals surface area contributed by atoms with Gasteiger partial charge < -0.3 is 5.11 Å². The number of rotatable bonds is 4. The largest absolute Gasteiger partial charge is 0.389 e. The van der Waals surface area contributed by atoms with Crippen LogP contribution < -0.4 is 0 Å². The van der Waals surface area contributed by atoms with E-state index in [9.17, 15) is 5.11 Å². The summed E-state index contributed by atoms with van der Waals surface area (Å²) in [5, 5.41) is 15.3. The zero-order chi connectivity index (χ0) is 15.0. The third-order valence-corrected chi connectivity index (χ3v) is 4.71. The summed E-state index contributed by atoms with van der Waals surface area (Å²) in [6, 6.07) is 0. The minimum atomic E-state index is -0.628. The summed E-state index contributed by atoms with van der Waals surface area (Å²) in [5.74, 6) is 1.76. The molecule has 4 heteroatoms. The van der Waals surface area contributed by atoms with Crippen molar-refractivity contribution in [3.05, 3.63) is 12.2 Å². The van der Waals surface area contributed by atoms with Crippen molar-refractivity contribution in [1.82, 2.24) is 14.8 Å². The number of hydrogen-bond donors (Lipinski definition) is 1. The predicted molar refractivity (Wildman–Crippen MR) is 80.3 cm³/mol. The Kier molecular flexibility index (Phi) is 4.24. The molecule has 1 saturated carbocycles. The van der Waals surface area contributed by atoms with Gasteiger partial charge in [0.15, 0.2) is 0 Å². The van der Waals surface area contributed by atoms with Gasteiger partial charge in [-0.3, -0.25) is 0 Å². The Morgan fingerprint density at radius 3 is 2.70 bits per heavy atom. The summed E-state index contributed by atoms with van der Waals surface area (Å²) in [6.07, 6.45) is 5.24. The van der Waals surface area contributed by atoms with E-state index in [2.05, 4.69) is 44.7 Å². The van der Waals surface area contributed by atoms with Gasteiger partial charge in [0.2, 0.25) is 0 Å². The summed E-state index contributed by atoms with van der Waals surface area (Å²) in [5.41, 5.74) is -0.283. The van der Waals surface area contributed by atoms with Gasteiger partial charge in [0.1, 0.15) is 12.2 Å². The van der Waals surface area contributed by atoms with Crippen LogP contribution in [-0.2, 0) is 13.0 Å². The van der Waals surface area contributed by atoms with E-state index in [-0.39, 0.29) is 0 Å². The van der Waals surface area contributed by atoms with Gasteiger partial charge in [-0.1, -0.05) is 34.6 Å². The Morgan fingerprint density at radius 1 is 1.40 bits per heavy atom. The second kappa shape index (κ2) is 5.47. The van der Waals surface area contributed by atoms with Crippen molar-refractivity contribution in [2.45, 2.75) is 72.4 Å². The van der Waals surface area contributed by atoms with Gasteiger partial charge >= 0.3 is 0 Å². The molecule has 1 aliphatic rings. The maximum absolute atomic E-state index is 11.0. The topological polar surface area (TPSA) is 50.9 Å². The molecule has 114 valence electrons. The lowest BCUT2D eigenvalue weighted by atomic mass is 9.64. The molecule has 20 heavy (non-hydrogen) atoms. The van der Waals surface area contributed by atoms with Crippen LogP contribution in [0.25, 0.3) is 0 Å². The van der Waals surface area contributed by atoms with Crippen LogP contribution in [0, 0.1) is 17.3 Å². The van der Waals surface area contributed by atoms with E-state index in [1.54, 1.807) is 6.33 Å². The molecular formula is C16H29N3O. The quantitative estimate of drug-likeness (QED) is 0.921. The van der Waals surface area contributed by atoms with E-state index in [4.69, 9.17) is 0 Å². The van der Waals surface area contributed by atoms with E-state index in [0.29, 0.717) is 23.7 Å². The maximum atomic E-state index is 11.0. The van der Waals surface area contributed by atoms with E-state index >= 15 is 0 Å². The Labute approximate surface area is 122 Å². The molecule has 1 fully saturated rings. The van der Waals surface area contributed by atoms with Gasteiger partial charge in [0.25, 0.3) is 0 Å². The molecule has 0 bridgehead atoms. The molecule has 1 heterocycles. The van der Waals surface area contributed by atoms with Gasteiger partial charge in [-0.25, -0.2) is 9.67 Å². The highest BCUT2D eigenvalue weighted by atomic mass is 16.3. The summed E-state index contributed by atoms with van der Waals surface area (Å²) in [6.45, 7) is 12.0. The normalized spacial score (nSPS) is 29.9. The first kappa shape index (κ1) is 15.5. The smallest absolute Gasteiger partial charge is 0.138 e. The van der Waals surface area contributed by atoms with Crippen molar-refractivity contribution in [1.29, 1.82) is 0 Å². The average Bonchev–Trinajstić information content (AvgIpc) is 2.71. The van der Waals surface area contributed by atoms with E-state index < -0.39 is 5.60 Å². The maximum Gasteiger partial charge on any atom is 0.138 e. The number of hydrogen-bond acceptors (Lipinski definition) is 3. The summed E-state index contributed by atoms with van der Waals surface area (Å²) >= 11 is 0. The number of nitrogens with zero attached hydrogens (tertiary/aromatic N) is 3. The van der Waals surface area contributed by atoms with Gasteiger partial charge in [-0.2, -0.15) is 5.10 Å². The van der Waals surface area contributed by atoms with Gasteiger partial charge in [0.05, 0.1) is 5.60 Å². The van der Waals surface area contributed by atoms with E-state index in [1.165, 1.54) is 0 Å². The Morgan fingerprint density at radius 2 is 2.10 bits per heavy atom. The Bertz CT molecular complexity index is 452. The highest BCUT2D eigenvalue weighted by molar-refractivity contribution is 5.01. The highest BCUT2D eigenvalue weighted by Gasteiger charge is 2.43. The summed E-state index contributed by atoms with van der Waals surface area (Å²) in [7, 11) is 0. The van der Waals surface area contributed by atoms with Crippen LogP contribution in [0.5, 0.6) is 0 Å². The van der Waals surface area contributed by atoms with Crippen molar-refractivity contribution >= 4 is 0 Å². The molecule has 1 aliphatic carbocycles. The first-order valence-electron chi connectivity index (χ1n) is 7.81. The second-order valence-electron chi connectivity index (χ2n) is 7.80. The fourth-order valence-corrected chi connectivity index (χ4v) is 3.38. The van der Waals surface area contributed by atoms with Gasteiger partial charge in [0, 0.05) is 13.0 Å². The molecule has 1 aromatic heterocycles. The summed E-state index contributed by atoms with van der Waals surface area (Å²) in [4.78, 5) is 4.37. The highest BCUT2D eigenvalue weighted by Crippen LogP contribution is 2.44. The van der Waals surface area contributed by atoms with Crippen LogP contribution >= 0.6 is 0 Å². The predicted octanol–water partition coefficient (Wildman–Crippen LogP) is 3.05. The number of aromatic nitrogens is 3. The first-order valence-corrected chi connectivity index (χ1v) is 7.81. The van der Waals surface area contributed by atoms with Crippen LogP contribution in [0.1, 0.15) is 59.7 Å². The van der Waals surface area contributed by atoms with Gasteiger partial charge in [-0.15, -0.1) is 0 Å². The van der Waals surface area contributed by atoms with Crippen molar-refractivity contribution in [3.8, 4) is 0 Å². The van der Waals surface area contributed by atoms with Crippen LogP contribution in [0.2, 0.25) is 0 Å². The zero-order valence-electron chi connectivity index (χ0n) is 13.6. The first-order chi connectivity index (χ1) is 9.22. The van der Waals surface area contributed by atoms with E-state index in [1.807, 2.05) is 4.68 Å². The average molecular weight is 279 g/mol. The number of aliphatic hydroxyl groups is 1. The molecule has 2 rings (SSSR count). The minimum absolute atomic E-state index is 0.301. The molecule has 0 amide bonds. The molecule has 0 saturated heterocycles. The fourth-order valence-electron chi connectivity index (χ4n) is 3.38. The SMILES string of the molecule is CC(C)Cn1ncnc1CC1(O)CCC(C)(C)CC1C. The molecule has 1 N–H and O–H groups in total. The standard InChI is InChI=1S/C16H29N3O/c1-12(2)10-19-14(17-11-18-19)9-16(20)7-6-15(4,5)8-13(16)3/h11-13,20H,6-10H2,1-5H3. The molecule has 0 aliphatic heterocycles. The summed E-state index contributed by atoms with van der Waals surface area (Å²) < 4.78 is 1.95. The van der Waals surface area contributed by atoms with Crippen molar-refractivity contribution in [2.75, 3.05) is 0 Å². The molecular weight excluding hydrogens is 250 g/mol. The van der Waals surface area contributed by atoms with E-state index in [0.717, 1.165) is 31.6 Å². The lowest BCUT2D eigenvalue weighted by Crippen LogP contribution is -2.46. The molecule has 0 aromatic carbocycles. The van der Waals surface area contributed by atoms with Crippen LogP contribution in [0.15, 0.2) is 6.33 Å². The second-order valence-corrected chi connectivity index (χ2v) is 7.80. The molecule has 2 atom stereocenters.